The predicted molar refractivity (Wildman–Crippen MR) is 93.7 cm³/mol. The summed E-state index contributed by atoms with van der Waals surface area (Å²) in [4.78, 5) is 14.3. The number of benzene rings is 3. The Morgan fingerprint density at radius 3 is 2.52 bits per heavy atom. The van der Waals surface area contributed by atoms with E-state index in [2.05, 4.69) is 0 Å². The van der Waals surface area contributed by atoms with Crippen LogP contribution in [0.2, 0.25) is 0 Å². The van der Waals surface area contributed by atoms with Gasteiger partial charge in [0.05, 0.1) is 24.4 Å². The first-order chi connectivity index (χ1) is 12.1. The van der Waals surface area contributed by atoms with Crippen LogP contribution < -0.4 is 9.64 Å². The molecule has 4 rings (SSSR count). The van der Waals surface area contributed by atoms with Gasteiger partial charge in [-0.1, -0.05) is 36.4 Å². The van der Waals surface area contributed by atoms with E-state index in [1.807, 2.05) is 19.1 Å². The van der Waals surface area contributed by atoms with Crippen molar-refractivity contribution < 1.29 is 19.0 Å². The maximum atomic E-state index is 14.2. The number of hydrogen-bond donors (Lipinski definition) is 1. The van der Waals surface area contributed by atoms with Crippen LogP contribution in [0.25, 0.3) is 10.8 Å². The zero-order valence-electron chi connectivity index (χ0n) is 13.6. The van der Waals surface area contributed by atoms with Crippen molar-refractivity contribution in [2.75, 3.05) is 11.5 Å². The molecule has 3 aromatic carbocycles. The van der Waals surface area contributed by atoms with E-state index in [-0.39, 0.29) is 23.9 Å². The Balaban J connectivity index is 1.96. The van der Waals surface area contributed by atoms with Gasteiger partial charge in [-0.05, 0) is 19.1 Å². The molecule has 0 radical (unpaired) electrons. The highest BCUT2D eigenvalue weighted by Crippen LogP contribution is 2.45. The Bertz CT molecular complexity index is 1000. The van der Waals surface area contributed by atoms with Crippen molar-refractivity contribution in [3.8, 4) is 11.5 Å². The van der Waals surface area contributed by atoms with Crippen molar-refractivity contribution in [1.82, 2.24) is 0 Å². The highest BCUT2D eigenvalue weighted by atomic mass is 19.1. The lowest BCUT2D eigenvalue weighted by atomic mass is 9.99. The molecule has 3 aromatic rings. The Morgan fingerprint density at radius 2 is 1.80 bits per heavy atom. The number of anilines is 1. The van der Waals surface area contributed by atoms with Crippen molar-refractivity contribution in [3.63, 3.8) is 0 Å². The van der Waals surface area contributed by atoms with Crippen LogP contribution in [0.5, 0.6) is 11.5 Å². The SMILES string of the molecule is CCOc1c2c(c(O)c3ccccc13)CN(c1ccccc1F)C2=O. The highest BCUT2D eigenvalue weighted by molar-refractivity contribution is 6.16. The zero-order chi connectivity index (χ0) is 17.6. The van der Waals surface area contributed by atoms with Gasteiger partial charge >= 0.3 is 0 Å². The third kappa shape index (κ3) is 2.23. The van der Waals surface area contributed by atoms with Gasteiger partial charge in [0.1, 0.15) is 17.3 Å². The summed E-state index contributed by atoms with van der Waals surface area (Å²) in [6.45, 7) is 2.32. The fourth-order valence-electron chi connectivity index (χ4n) is 3.34. The largest absolute Gasteiger partial charge is 0.507 e. The highest BCUT2D eigenvalue weighted by Gasteiger charge is 2.36. The number of halogens is 1. The molecular formula is C20H16FNO3. The van der Waals surface area contributed by atoms with Crippen molar-refractivity contribution in [2.45, 2.75) is 13.5 Å². The summed E-state index contributed by atoms with van der Waals surface area (Å²) in [5, 5.41) is 12.0. The number of rotatable bonds is 3. The quantitative estimate of drug-likeness (QED) is 0.777. The number of fused-ring (bicyclic) bond motifs is 2. The Morgan fingerprint density at radius 1 is 1.12 bits per heavy atom. The van der Waals surface area contributed by atoms with Crippen molar-refractivity contribution in [1.29, 1.82) is 0 Å². The average Bonchev–Trinajstić information content (AvgIpc) is 2.97. The van der Waals surface area contributed by atoms with Gasteiger partial charge in [-0.25, -0.2) is 4.39 Å². The molecule has 1 N–H and O–H groups in total. The molecule has 1 aliphatic rings. The number of amides is 1. The van der Waals surface area contributed by atoms with E-state index in [0.29, 0.717) is 34.3 Å². The molecule has 5 heteroatoms. The Labute approximate surface area is 144 Å². The van der Waals surface area contributed by atoms with Crippen molar-refractivity contribution in [2.24, 2.45) is 0 Å². The monoisotopic (exact) mass is 337 g/mol. The van der Waals surface area contributed by atoms with Crippen LogP contribution in [0.15, 0.2) is 48.5 Å². The van der Waals surface area contributed by atoms with E-state index in [0.717, 1.165) is 0 Å². The Hall–Kier alpha value is -3.08. The van der Waals surface area contributed by atoms with Crippen LogP contribution in [-0.2, 0) is 6.54 Å². The molecule has 0 saturated carbocycles. The molecule has 126 valence electrons. The number of carbonyl (C=O) groups is 1. The maximum Gasteiger partial charge on any atom is 0.262 e. The lowest BCUT2D eigenvalue weighted by molar-refractivity contribution is 0.0992. The van der Waals surface area contributed by atoms with Gasteiger partial charge < -0.3 is 14.7 Å². The van der Waals surface area contributed by atoms with Gasteiger partial charge in [-0.3, -0.25) is 4.79 Å². The van der Waals surface area contributed by atoms with E-state index in [4.69, 9.17) is 4.74 Å². The number of phenols is 1. The standard InChI is InChI=1S/C20H16FNO3/c1-2-25-19-13-8-4-3-7-12(13)18(23)14-11-22(20(24)17(14)19)16-10-6-5-9-15(16)21/h3-10,23H,2,11H2,1H3. The molecule has 4 nitrogen and oxygen atoms in total. The number of phenolic OH excluding ortho intramolecular Hbond substituents is 1. The topological polar surface area (TPSA) is 49.8 Å². The van der Waals surface area contributed by atoms with E-state index in [1.165, 1.54) is 11.0 Å². The maximum absolute atomic E-state index is 14.2. The molecule has 0 atom stereocenters. The minimum atomic E-state index is -0.481. The predicted octanol–water partition coefficient (Wildman–Crippen LogP) is 4.24. The van der Waals surface area contributed by atoms with E-state index in [1.54, 1.807) is 30.3 Å². The van der Waals surface area contributed by atoms with Crippen LogP contribution in [0.1, 0.15) is 22.8 Å². The number of para-hydroxylation sites is 1. The van der Waals surface area contributed by atoms with Gasteiger partial charge in [-0.2, -0.15) is 0 Å². The normalized spacial score (nSPS) is 13.4. The summed E-state index contributed by atoms with van der Waals surface area (Å²) < 4.78 is 19.9. The fourth-order valence-corrected chi connectivity index (χ4v) is 3.34. The second kappa shape index (κ2) is 5.77. The second-order valence-electron chi connectivity index (χ2n) is 5.85. The molecule has 0 spiro atoms. The first kappa shape index (κ1) is 15.4. The third-order valence-electron chi connectivity index (χ3n) is 4.45. The molecule has 1 amide bonds. The first-order valence-electron chi connectivity index (χ1n) is 8.09. The van der Waals surface area contributed by atoms with Crippen LogP contribution in [-0.4, -0.2) is 17.6 Å². The minimum absolute atomic E-state index is 0.0428. The number of carbonyl (C=O) groups excluding carboxylic acids is 1. The summed E-state index contributed by atoms with van der Waals surface area (Å²) in [7, 11) is 0. The number of aromatic hydroxyl groups is 1. The van der Waals surface area contributed by atoms with Crippen LogP contribution in [0.3, 0.4) is 0 Å². The lowest BCUT2D eigenvalue weighted by Crippen LogP contribution is -2.24. The molecular weight excluding hydrogens is 321 g/mol. The zero-order valence-corrected chi connectivity index (χ0v) is 13.6. The molecule has 1 aliphatic heterocycles. The first-order valence-corrected chi connectivity index (χ1v) is 8.09. The van der Waals surface area contributed by atoms with Gasteiger partial charge in [0.15, 0.2) is 0 Å². The number of hydrogen-bond acceptors (Lipinski definition) is 3. The summed E-state index contributed by atoms with van der Waals surface area (Å²) in [6, 6.07) is 13.3. The van der Waals surface area contributed by atoms with Gasteiger partial charge in [0.25, 0.3) is 5.91 Å². The van der Waals surface area contributed by atoms with Gasteiger partial charge in [0.2, 0.25) is 0 Å². The molecule has 1 heterocycles. The molecule has 0 bridgehead atoms. The van der Waals surface area contributed by atoms with Gasteiger partial charge in [0, 0.05) is 16.3 Å². The Kier molecular flexibility index (Phi) is 3.57. The van der Waals surface area contributed by atoms with E-state index < -0.39 is 5.82 Å². The third-order valence-corrected chi connectivity index (χ3v) is 4.45. The molecule has 0 aromatic heterocycles. The van der Waals surface area contributed by atoms with Crippen molar-refractivity contribution >= 4 is 22.4 Å². The molecule has 25 heavy (non-hydrogen) atoms. The van der Waals surface area contributed by atoms with E-state index >= 15 is 0 Å². The minimum Gasteiger partial charge on any atom is -0.507 e. The fraction of sp³-hybridized carbons (Fsp3) is 0.150. The number of ether oxygens (including phenoxy) is 1. The summed E-state index contributed by atoms with van der Waals surface area (Å²) in [5.41, 5.74) is 0.964. The van der Waals surface area contributed by atoms with Crippen molar-refractivity contribution in [3.05, 3.63) is 65.5 Å². The van der Waals surface area contributed by atoms with Crippen LogP contribution in [0, 0.1) is 5.82 Å². The molecule has 0 aliphatic carbocycles. The average molecular weight is 337 g/mol. The molecule has 0 saturated heterocycles. The molecule has 0 unspecified atom stereocenters. The summed E-state index contributed by atoms with van der Waals surface area (Å²) in [6.07, 6.45) is 0. The number of nitrogens with zero attached hydrogens (tertiary/aromatic N) is 1. The molecule has 0 fully saturated rings. The van der Waals surface area contributed by atoms with E-state index in [9.17, 15) is 14.3 Å². The lowest BCUT2D eigenvalue weighted by Gasteiger charge is -2.16. The summed E-state index contributed by atoms with van der Waals surface area (Å²) in [5.74, 6) is -0.369. The summed E-state index contributed by atoms with van der Waals surface area (Å²) >= 11 is 0. The van der Waals surface area contributed by atoms with Crippen LogP contribution in [0.4, 0.5) is 10.1 Å². The van der Waals surface area contributed by atoms with Crippen LogP contribution >= 0.6 is 0 Å². The second-order valence-corrected chi connectivity index (χ2v) is 5.85. The smallest absolute Gasteiger partial charge is 0.262 e. The van der Waals surface area contributed by atoms with Gasteiger partial charge in [-0.15, -0.1) is 0 Å².